The summed E-state index contributed by atoms with van der Waals surface area (Å²) in [5.74, 6) is 1.88. The zero-order valence-corrected chi connectivity index (χ0v) is 15.0. The lowest BCUT2D eigenvalue weighted by Gasteiger charge is -2.39. The van der Waals surface area contributed by atoms with Crippen molar-refractivity contribution in [2.45, 2.75) is 78.7 Å². The molecule has 3 unspecified atom stereocenters. The summed E-state index contributed by atoms with van der Waals surface area (Å²) in [4.78, 5) is 2.75. The third kappa shape index (κ3) is 5.25. The Morgan fingerprint density at radius 3 is 2.57 bits per heavy atom. The molecule has 3 atom stereocenters. The lowest BCUT2D eigenvalue weighted by Crippen LogP contribution is -2.46. The monoisotopic (exact) mass is 294 g/mol. The molecule has 1 N–H and O–H groups in total. The standard InChI is InChI=1S/C19H38N2/c1-5-7-16-8-9-18(20-11-6-2)17(13-16)14-21-12-10-19(3,4)15-21/h16-18,20H,5-15H2,1-4H3. The molecule has 2 heteroatoms. The molecule has 21 heavy (non-hydrogen) atoms. The van der Waals surface area contributed by atoms with Gasteiger partial charge in [0.15, 0.2) is 0 Å². The van der Waals surface area contributed by atoms with Gasteiger partial charge in [-0.25, -0.2) is 0 Å². The highest BCUT2D eigenvalue weighted by Gasteiger charge is 2.35. The zero-order valence-electron chi connectivity index (χ0n) is 15.0. The normalized spacial score (nSPS) is 33.4. The molecule has 1 aliphatic heterocycles. The molecule has 2 nitrogen and oxygen atoms in total. The van der Waals surface area contributed by atoms with Crippen LogP contribution in [0.5, 0.6) is 0 Å². The summed E-state index contributed by atoms with van der Waals surface area (Å²) in [6.45, 7) is 14.7. The van der Waals surface area contributed by atoms with Crippen LogP contribution in [0, 0.1) is 17.3 Å². The van der Waals surface area contributed by atoms with Crippen LogP contribution in [0.15, 0.2) is 0 Å². The molecule has 2 aliphatic rings. The van der Waals surface area contributed by atoms with Crippen LogP contribution in [-0.2, 0) is 0 Å². The van der Waals surface area contributed by atoms with Crippen molar-refractivity contribution in [3.63, 3.8) is 0 Å². The van der Waals surface area contributed by atoms with Crippen LogP contribution in [0.25, 0.3) is 0 Å². The van der Waals surface area contributed by atoms with Gasteiger partial charge in [-0.1, -0.05) is 40.5 Å². The number of nitrogens with one attached hydrogen (secondary N) is 1. The predicted molar refractivity (Wildman–Crippen MR) is 92.7 cm³/mol. The Labute approximate surface area is 133 Å². The smallest absolute Gasteiger partial charge is 0.0108 e. The average Bonchev–Trinajstić information content (AvgIpc) is 2.77. The number of rotatable bonds is 7. The quantitative estimate of drug-likeness (QED) is 0.753. The topological polar surface area (TPSA) is 15.3 Å². The second-order valence-electron chi connectivity index (χ2n) is 8.44. The van der Waals surface area contributed by atoms with Gasteiger partial charge in [0, 0.05) is 19.1 Å². The van der Waals surface area contributed by atoms with Gasteiger partial charge in [0.25, 0.3) is 0 Å². The van der Waals surface area contributed by atoms with E-state index in [-0.39, 0.29) is 0 Å². The van der Waals surface area contributed by atoms with E-state index < -0.39 is 0 Å². The Kier molecular flexibility index (Phi) is 6.55. The second kappa shape index (κ2) is 7.97. The van der Waals surface area contributed by atoms with E-state index in [9.17, 15) is 0 Å². The molecule has 0 aromatic carbocycles. The minimum atomic E-state index is 0.545. The van der Waals surface area contributed by atoms with Gasteiger partial charge >= 0.3 is 0 Å². The molecule has 0 bridgehead atoms. The van der Waals surface area contributed by atoms with E-state index in [1.807, 2.05) is 0 Å². The van der Waals surface area contributed by atoms with Crippen molar-refractivity contribution in [2.24, 2.45) is 17.3 Å². The summed E-state index contributed by atoms with van der Waals surface area (Å²) in [6, 6.07) is 0.779. The number of nitrogens with zero attached hydrogens (tertiary/aromatic N) is 1. The molecule has 0 aromatic rings. The highest BCUT2D eigenvalue weighted by molar-refractivity contribution is 4.90. The average molecular weight is 295 g/mol. The lowest BCUT2D eigenvalue weighted by molar-refractivity contribution is 0.143. The molecule has 0 spiro atoms. The van der Waals surface area contributed by atoms with Gasteiger partial charge in [-0.15, -0.1) is 0 Å². The van der Waals surface area contributed by atoms with Crippen molar-refractivity contribution < 1.29 is 0 Å². The van der Waals surface area contributed by atoms with Crippen molar-refractivity contribution in [1.29, 1.82) is 0 Å². The first-order valence-corrected chi connectivity index (χ1v) is 9.50. The minimum Gasteiger partial charge on any atom is -0.314 e. The number of hydrogen-bond acceptors (Lipinski definition) is 2. The molecule has 0 aromatic heterocycles. The Hall–Kier alpha value is -0.0800. The summed E-state index contributed by atoms with van der Waals surface area (Å²) in [5.41, 5.74) is 0.545. The van der Waals surface area contributed by atoms with Crippen LogP contribution in [-0.4, -0.2) is 37.1 Å². The highest BCUT2D eigenvalue weighted by atomic mass is 15.2. The van der Waals surface area contributed by atoms with E-state index in [1.54, 1.807) is 0 Å². The van der Waals surface area contributed by atoms with Gasteiger partial charge in [0.05, 0.1) is 0 Å². The van der Waals surface area contributed by atoms with E-state index >= 15 is 0 Å². The van der Waals surface area contributed by atoms with Crippen LogP contribution < -0.4 is 5.32 Å². The zero-order chi connectivity index (χ0) is 15.3. The first-order valence-electron chi connectivity index (χ1n) is 9.50. The van der Waals surface area contributed by atoms with E-state index in [1.165, 1.54) is 71.1 Å². The third-order valence-electron chi connectivity index (χ3n) is 5.69. The Morgan fingerprint density at radius 1 is 1.14 bits per heavy atom. The molecule has 124 valence electrons. The van der Waals surface area contributed by atoms with Gasteiger partial charge < -0.3 is 10.2 Å². The van der Waals surface area contributed by atoms with Gasteiger partial charge in [0.1, 0.15) is 0 Å². The molecule has 2 rings (SSSR count). The van der Waals surface area contributed by atoms with Gasteiger partial charge in [-0.2, -0.15) is 0 Å². The maximum atomic E-state index is 3.85. The first kappa shape index (κ1) is 17.3. The van der Waals surface area contributed by atoms with Crippen molar-refractivity contribution in [3.8, 4) is 0 Å². The van der Waals surface area contributed by atoms with E-state index in [2.05, 4.69) is 37.9 Å². The van der Waals surface area contributed by atoms with Gasteiger partial charge in [-0.05, 0) is 62.4 Å². The summed E-state index contributed by atoms with van der Waals surface area (Å²) >= 11 is 0. The minimum absolute atomic E-state index is 0.545. The molecule has 1 aliphatic carbocycles. The van der Waals surface area contributed by atoms with E-state index in [4.69, 9.17) is 0 Å². The van der Waals surface area contributed by atoms with Crippen LogP contribution in [0.2, 0.25) is 0 Å². The van der Waals surface area contributed by atoms with Crippen molar-refractivity contribution >= 4 is 0 Å². The predicted octanol–water partition coefficient (Wildman–Crippen LogP) is 4.30. The highest BCUT2D eigenvalue weighted by Crippen LogP contribution is 2.35. The summed E-state index contributed by atoms with van der Waals surface area (Å²) in [7, 11) is 0. The molecule has 0 amide bonds. The number of likely N-dealkylation sites (tertiary alicyclic amines) is 1. The third-order valence-corrected chi connectivity index (χ3v) is 5.69. The van der Waals surface area contributed by atoms with Crippen molar-refractivity contribution in [2.75, 3.05) is 26.2 Å². The number of hydrogen-bond donors (Lipinski definition) is 1. The summed E-state index contributed by atoms with van der Waals surface area (Å²) in [5, 5.41) is 3.85. The molecule has 1 saturated carbocycles. The molecule has 2 fully saturated rings. The van der Waals surface area contributed by atoms with Crippen LogP contribution in [0.3, 0.4) is 0 Å². The molecule has 1 saturated heterocycles. The Balaban J connectivity index is 1.89. The Morgan fingerprint density at radius 2 is 1.95 bits per heavy atom. The second-order valence-corrected chi connectivity index (χ2v) is 8.44. The maximum Gasteiger partial charge on any atom is 0.0108 e. The maximum absolute atomic E-state index is 3.85. The van der Waals surface area contributed by atoms with E-state index in [0.29, 0.717) is 5.41 Å². The van der Waals surface area contributed by atoms with Gasteiger partial charge in [0.2, 0.25) is 0 Å². The SMILES string of the molecule is CCCNC1CCC(CCC)CC1CN1CCC(C)(C)C1. The fourth-order valence-electron chi connectivity index (χ4n) is 4.54. The van der Waals surface area contributed by atoms with Gasteiger partial charge in [-0.3, -0.25) is 0 Å². The van der Waals surface area contributed by atoms with Crippen molar-refractivity contribution in [1.82, 2.24) is 10.2 Å². The summed E-state index contributed by atoms with van der Waals surface area (Å²) in [6.07, 6.45) is 9.78. The fourth-order valence-corrected chi connectivity index (χ4v) is 4.54. The lowest BCUT2D eigenvalue weighted by atomic mass is 9.76. The largest absolute Gasteiger partial charge is 0.314 e. The van der Waals surface area contributed by atoms with E-state index in [0.717, 1.165) is 17.9 Å². The molecule has 0 radical (unpaired) electrons. The van der Waals surface area contributed by atoms with Crippen LogP contribution in [0.4, 0.5) is 0 Å². The summed E-state index contributed by atoms with van der Waals surface area (Å²) < 4.78 is 0. The van der Waals surface area contributed by atoms with Crippen molar-refractivity contribution in [3.05, 3.63) is 0 Å². The molecular weight excluding hydrogens is 256 g/mol. The van der Waals surface area contributed by atoms with Crippen LogP contribution >= 0.6 is 0 Å². The molecule has 1 heterocycles. The fraction of sp³-hybridized carbons (Fsp3) is 1.00. The molecular formula is C19H38N2. The first-order chi connectivity index (χ1) is 10.0. The Bertz CT molecular complexity index is 300. The van der Waals surface area contributed by atoms with Crippen LogP contribution in [0.1, 0.15) is 72.6 Å².